The minimum atomic E-state index is 0. The molecule has 5 nitrogen and oxygen atoms in total. The zero-order valence-electron chi connectivity index (χ0n) is 13.9. The summed E-state index contributed by atoms with van der Waals surface area (Å²) in [5.41, 5.74) is 0.164. The summed E-state index contributed by atoms with van der Waals surface area (Å²) in [6.45, 7) is 14.2. The topological polar surface area (TPSA) is 40.1 Å². The van der Waals surface area contributed by atoms with Gasteiger partial charge in [-0.1, -0.05) is 19.9 Å². The lowest BCUT2D eigenvalue weighted by Crippen LogP contribution is -2.48. The van der Waals surface area contributed by atoms with Crippen molar-refractivity contribution in [2.24, 2.45) is 10.4 Å². The van der Waals surface area contributed by atoms with Gasteiger partial charge in [-0.2, -0.15) is 0 Å². The molecule has 1 fully saturated rings. The van der Waals surface area contributed by atoms with Gasteiger partial charge in [0.1, 0.15) is 0 Å². The highest BCUT2D eigenvalue weighted by molar-refractivity contribution is 14.0. The van der Waals surface area contributed by atoms with Gasteiger partial charge in [-0.25, -0.2) is 0 Å². The van der Waals surface area contributed by atoms with Gasteiger partial charge < -0.3 is 19.9 Å². The largest absolute Gasteiger partial charge is 0.378 e. The van der Waals surface area contributed by atoms with Crippen LogP contribution in [-0.4, -0.2) is 75.8 Å². The Morgan fingerprint density at radius 1 is 1.38 bits per heavy atom. The molecule has 0 radical (unpaired) electrons. The van der Waals surface area contributed by atoms with Crippen molar-refractivity contribution in [3.8, 4) is 0 Å². The fourth-order valence-corrected chi connectivity index (χ4v) is 2.40. The Kier molecular flexibility index (Phi) is 10.2. The molecular formula is C15H31IN4O. The van der Waals surface area contributed by atoms with Crippen LogP contribution in [0.2, 0.25) is 0 Å². The Hall–Kier alpha value is -0.340. The molecule has 0 unspecified atom stereocenters. The molecule has 0 aromatic heterocycles. The molecule has 1 saturated heterocycles. The van der Waals surface area contributed by atoms with E-state index in [1.54, 1.807) is 0 Å². The third kappa shape index (κ3) is 8.63. The first-order valence-electron chi connectivity index (χ1n) is 7.31. The van der Waals surface area contributed by atoms with Gasteiger partial charge in [-0.15, -0.1) is 30.6 Å². The monoisotopic (exact) mass is 410 g/mol. The van der Waals surface area contributed by atoms with E-state index in [0.717, 1.165) is 51.9 Å². The zero-order valence-corrected chi connectivity index (χ0v) is 16.2. The maximum absolute atomic E-state index is 5.40. The summed E-state index contributed by atoms with van der Waals surface area (Å²) >= 11 is 0. The number of nitrogens with zero attached hydrogens (tertiary/aromatic N) is 3. The summed E-state index contributed by atoms with van der Waals surface area (Å²) in [7, 11) is 4.20. The van der Waals surface area contributed by atoms with Crippen molar-refractivity contribution < 1.29 is 4.74 Å². The molecule has 0 aromatic rings. The lowest BCUT2D eigenvalue weighted by molar-refractivity contribution is 0.0664. The van der Waals surface area contributed by atoms with Crippen LogP contribution in [0.3, 0.4) is 0 Å². The van der Waals surface area contributed by atoms with Crippen LogP contribution in [0.15, 0.2) is 17.6 Å². The number of nitrogens with one attached hydrogen (secondary N) is 1. The SMILES string of the molecule is C=CCNC(=NCC(C)(C)CN(C)C)N1CCOCC1.I. The average molecular weight is 410 g/mol. The van der Waals surface area contributed by atoms with E-state index in [9.17, 15) is 0 Å². The molecule has 1 aliphatic heterocycles. The molecule has 0 aromatic carbocycles. The van der Waals surface area contributed by atoms with Gasteiger partial charge >= 0.3 is 0 Å². The average Bonchev–Trinajstić information content (AvgIpc) is 2.38. The molecule has 6 heteroatoms. The first-order valence-corrected chi connectivity index (χ1v) is 7.31. The quantitative estimate of drug-likeness (QED) is 0.313. The van der Waals surface area contributed by atoms with Gasteiger partial charge in [0.05, 0.1) is 13.2 Å². The molecule has 124 valence electrons. The van der Waals surface area contributed by atoms with Crippen molar-refractivity contribution in [1.82, 2.24) is 15.1 Å². The molecular weight excluding hydrogens is 379 g/mol. The van der Waals surface area contributed by atoms with Crippen LogP contribution in [0.5, 0.6) is 0 Å². The van der Waals surface area contributed by atoms with Gasteiger partial charge in [-0.3, -0.25) is 4.99 Å². The van der Waals surface area contributed by atoms with Gasteiger partial charge in [-0.05, 0) is 19.5 Å². The van der Waals surface area contributed by atoms with Crippen molar-refractivity contribution in [2.75, 3.05) is 60.0 Å². The first-order chi connectivity index (χ1) is 9.44. The van der Waals surface area contributed by atoms with Crippen LogP contribution in [0.1, 0.15) is 13.8 Å². The fourth-order valence-electron chi connectivity index (χ4n) is 2.40. The van der Waals surface area contributed by atoms with Crippen LogP contribution in [0.4, 0.5) is 0 Å². The summed E-state index contributed by atoms with van der Waals surface area (Å²) in [5, 5.41) is 3.35. The molecule has 1 rings (SSSR count). The zero-order chi connectivity index (χ0) is 15.0. The van der Waals surface area contributed by atoms with Crippen molar-refractivity contribution in [3.63, 3.8) is 0 Å². The van der Waals surface area contributed by atoms with Crippen molar-refractivity contribution in [1.29, 1.82) is 0 Å². The molecule has 1 aliphatic rings. The second kappa shape index (κ2) is 10.4. The van der Waals surface area contributed by atoms with E-state index in [-0.39, 0.29) is 29.4 Å². The second-order valence-corrected chi connectivity index (χ2v) is 6.31. The third-order valence-corrected chi connectivity index (χ3v) is 3.12. The molecule has 0 saturated carbocycles. The van der Waals surface area contributed by atoms with Crippen LogP contribution < -0.4 is 5.32 Å². The van der Waals surface area contributed by atoms with Gasteiger partial charge in [0.2, 0.25) is 0 Å². The molecule has 0 amide bonds. The van der Waals surface area contributed by atoms with E-state index in [0.29, 0.717) is 0 Å². The number of guanidine groups is 1. The molecule has 1 N–H and O–H groups in total. The number of hydrogen-bond donors (Lipinski definition) is 1. The number of halogens is 1. The van der Waals surface area contributed by atoms with Gasteiger partial charge in [0, 0.05) is 32.7 Å². The standard InChI is InChI=1S/C15H30N4O.HI/c1-6-7-16-14(19-8-10-20-11-9-19)17-12-15(2,3)13-18(4)5;/h6H,1,7-13H2,2-5H3,(H,16,17);1H. The lowest BCUT2D eigenvalue weighted by atomic mass is 9.93. The Labute approximate surface area is 146 Å². The number of morpholine rings is 1. The fraction of sp³-hybridized carbons (Fsp3) is 0.800. The van der Waals surface area contributed by atoms with Crippen LogP contribution >= 0.6 is 24.0 Å². The summed E-state index contributed by atoms with van der Waals surface area (Å²) < 4.78 is 5.40. The Morgan fingerprint density at radius 3 is 2.52 bits per heavy atom. The minimum absolute atomic E-state index is 0. The molecule has 0 atom stereocenters. The predicted molar refractivity (Wildman–Crippen MR) is 101 cm³/mol. The lowest BCUT2D eigenvalue weighted by Gasteiger charge is -2.32. The summed E-state index contributed by atoms with van der Waals surface area (Å²) in [4.78, 5) is 9.28. The number of hydrogen-bond acceptors (Lipinski definition) is 3. The highest BCUT2D eigenvalue weighted by atomic mass is 127. The van der Waals surface area contributed by atoms with E-state index >= 15 is 0 Å². The molecule has 0 aliphatic carbocycles. The third-order valence-electron chi connectivity index (χ3n) is 3.12. The Bertz CT molecular complexity index is 326. The molecule has 0 bridgehead atoms. The second-order valence-electron chi connectivity index (χ2n) is 6.31. The Morgan fingerprint density at radius 2 is 2.00 bits per heavy atom. The predicted octanol–water partition coefficient (Wildman–Crippen LogP) is 1.66. The number of ether oxygens (including phenoxy) is 1. The van der Waals surface area contributed by atoms with Crippen LogP contribution in [0.25, 0.3) is 0 Å². The molecule has 0 spiro atoms. The summed E-state index contributed by atoms with van der Waals surface area (Å²) in [6, 6.07) is 0. The smallest absolute Gasteiger partial charge is 0.194 e. The van der Waals surface area contributed by atoms with Crippen LogP contribution in [-0.2, 0) is 4.74 Å². The van der Waals surface area contributed by atoms with E-state index in [4.69, 9.17) is 9.73 Å². The number of aliphatic imine (C=N–C) groups is 1. The minimum Gasteiger partial charge on any atom is -0.378 e. The van der Waals surface area contributed by atoms with Crippen LogP contribution in [0, 0.1) is 5.41 Å². The Balaban J connectivity index is 0.00000400. The van der Waals surface area contributed by atoms with E-state index in [1.807, 2.05) is 6.08 Å². The van der Waals surface area contributed by atoms with E-state index in [2.05, 4.69) is 49.6 Å². The highest BCUT2D eigenvalue weighted by Gasteiger charge is 2.20. The highest BCUT2D eigenvalue weighted by Crippen LogP contribution is 2.16. The normalized spacial score (nSPS) is 16.6. The molecule has 21 heavy (non-hydrogen) atoms. The van der Waals surface area contributed by atoms with E-state index in [1.165, 1.54) is 0 Å². The summed E-state index contributed by atoms with van der Waals surface area (Å²) in [6.07, 6.45) is 1.86. The van der Waals surface area contributed by atoms with Gasteiger partial charge in [0.15, 0.2) is 5.96 Å². The van der Waals surface area contributed by atoms with Crippen molar-refractivity contribution in [3.05, 3.63) is 12.7 Å². The summed E-state index contributed by atoms with van der Waals surface area (Å²) in [5.74, 6) is 0.972. The maximum Gasteiger partial charge on any atom is 0.194 e. The molecule has 1 heterocycles. The first kappa shape index (κ1) is 20.7. The van der Waals surface area contributed by atoms with Crippen molar-refractivity contribution >= 4 is 29.9 Å². The van der Waals surface area contributed by atoms with Crippen molar-refractivity contribution in [2.45, 2.75) is 13.8 Å². The van der Waals surface area contributed by atoms with Gasteiger partial charge in [0.25, 0.3) is 0 Å². The number of rotatable bonds is 6. The maximum atomic E-state index is 5.40. The van der Waals surface area contributed by atoms with E-state index < -0.39 is 0 Å².